The number of para-hydroxylation sites is 1. The topological polar surface area (TPSA) is 46.5 Å². The fraction of sp³-hybridized carbons (Fsp3) is 0.0625. The van der Waals surface area contributed by atoms with Crippen LogP contribution in [0.15, 0.2) is 54.6 Å². The molecule has 114 valence electrons. The van der Waals surface area contributed by atoms with Crippen molar-refractivity contribution in [1.82, 2.24) is 0 Å². The lowest BCUT2D eigenvalue weighted by atomic mass is 10.1. The van der Waals surface area contributed by atoms with Gasteiger partial charge in [0.2, 0.25) is 0 Å². The van der Waals surface area contributed by atoms with E-state index in [0.29, 0.717) is 5.56 Å². The van der Waals surface area contributed by atoms with Crippen LogP contribution in [0.25, 0.3) is 6.08 Å². The van der Waals surface area contributed by atoms with Gasteiger partial charge >= 0.3 is 12.1 Å². The number of aliphatic carboxylic acids is 1. The van der Waals surface area contributed by atoms with Gasteiger partial charge in [-0.2, -0.15) is 13.2 Å². The highest BCUT2D eigenvalue weighted by molar-refractivity contribution is 5.85. The van der Waals surface area contributed by atoms with Crippen LogP contribution < -0.4 is 4.74 Å². The van der Waals surface area contributed by atoms with Crippen molar-refractivity contribution >= 4 is 12.0 Å². The number of halogens is 3. The molecule has 2 aromatic rings. The molecule has 0 heterocycles. The summed E-state index contributed by atoms with van der Waals surface area (Å²) in [4.78, 5) is 10.5. The van der Waals surface area contributed by atoms with Gasteiger partial charge in [-0.15, -0.1) is 0 Å². The van der Waals surface area contributed by atoms with E-state index in [1.165, 1.54) is 18.2 Å². The molecular weight excluding hydrogens is 297 g/mol. The van der Waals surface area contributed by atoms with E-state index in [2.05, 4.69) is 0 Å². The third kappa shape index (κ3) is 4.12. The van der Waals surface area contributed by atoms with Gasteiger partial charge in [-0.25, -0.2) is 4.79 Å². The molecule has 2 aromatic carbocycles. The maximum atomic E-state index is 12.7. The van der Waals surface area contributed by atoms with Crippen molar-refractivity contribution in [3.05, 3.63) is 65.7 Å². The van der Waals surface area contributed by atoms with Gasteiger partial charge < -0.3 is 9.84 Å². The maximum absolute atomic E-state index is 12.7. The van der Waals surface area contributed by atoms with Gasteiger partial charge in [0.1, 0.15) is 11.5 Å². The molecule has 0 bridgehead atoms. The van der Waals surface area contributed by atoms with Crippen molar-refractivity contribution in [3.8, 4) is 11.5 Å². The second kappa shape index (κ2) is 6.34. The van der Waals surface area contributed by atoms with Crippen molar-refractivity contribution in [3.63, 3.8) is 0 Å². The van der Waals surface area contributed by atoms with Crippen LogP contribution in [-0.4, -0.2) is 11.1 Å². The molecule has 1 N–H and O–H groups in total. The molecule has 2 rings (SSSR count). The molecular formula is C16H11F3O3. The second-order valence-corrected chi connectivity index (χ2v) is 4.34. The van der Waals surface area contributed by atoms with E-state index in [9.17, 15) is 18.0 Å². The quantitative estimate of drug-likeness (QED) is 0.840. The first kappa shape index (κ1) is 15.6. The third-order valence-corrected chi connectivity index (χ3v) is 2.71. The first-order valence-corrected chi connectivity index (χ1v) is 6.21. The smallest absolute Gasteiger partial charge is 0.416 e. The van der Waals surface area contributed by atoms with Crippen LogP contribution in [0.5, 0.6) is 11.5 Å². The van der Waals surface area contributed by atoms with Gasteiger partial charge in [0.25, 0.3) is 0 Å². The van der Waals surface area contributed by atoms with E-state index < -0.39 is 17.7 Å². The maximum Gasteiger partial charge on any atom is 0.416 e. The average molecular weight is 308 g/mol. The van der Waals surface area contributed by atoms with Crippen LogP contribution in [0.1, 0.15) is 11.1 Å². The average Bonchev–Trinajstić information content (AvgIpc) is 2.46. The van der Waals surface area contributed by atoms with Crippen LogP contribution >= 0.6 is 0 Å². The summed E-state index contributed by atoms with van der Waals surface area (Å²) < 4.78 is 43.4. The second-order valence-electron chi connectivity index (χ2n) is 4.34. The lowest BCUT2D eigenvalue weighted by molar-refractivity contribution is -0.137. The molecule has 22 heavy (non-hydrogen) atoms. The molecule has 6 heteroatoms. The van der Waals surface area contributed by atoms with E-state index in [1.54, 1.807) is 24.3 Å². The molecule has 0 saturated heterocycles. The SMILES string of the molecule is O=C(O)C=Cc1ccccc1Oc1cccc(C(F)(F)F)c1. The Morgan fingerprint density at radius 3 is 2.50 bits per heavy atom. The number of hydrogen-bond acceptors (Lipinski definition) is 2. The van der Waals surface area contributed by atoms with Gasteiger partial charge in [-0.05, 0) is 30.3 Å². The minimum Gasteiger partial charge on any atom is -0.478 e. The molecule has 0 aliphatic heterocycles. The van der Waals surface area contributed by atoms with Crippen molar-refractivity contribution < 1.29 is 27.8 Å². The highest BCUT2D eigenvalue weighted by Gasteiger charge is 2.30. The Hall–Kier alpha value is -2.76. The molecule has 0 aliphatic rings. The van der Waals surface area contributed by atoms with Crippen LogP contribution in [0.3, 0.4) is 0 Å². The minimum atomic E-state index is -4.46. The fourth-order valence-electron chi connectivity index (χ4n) is 1.74. The number of ether oxygens (including phenoxy) is 1. The van der Waals surface area contributed by atoms with Crippen LogP contribution in [0.4, 0.5) is 13.2 Å². The van der Waals surface area contributed by atoms with Crippen LogP contribution in [-0.2, 0) is 11.0 Å². The summed E-state index contributed by atoms with van der Waals surface area (Å²) in [5.41, 5.74) is -0.370. The Kier molecular flexibility index (Phi) is 4.50. The Morgan fingerprint density at radius 1 is 1.09 bits per heavy atom. The van der Waals surface area contributed by atoms with Crippen LogP contribution in [0, 0.1) is 0 Å². The normalized spacial score (nSPS) is 11.6. The summed E-state index contributed by atoms with van der Waals surface area (Å²) in [6, 6.07) is 10.9. The van der Waals surface area contributed by atoms with Crippen molar-refractivity contribution in [2.24, 2.45) is 0 Å². The Labute approximate surface area is 124 Å². The lowest BCUT2D eigenvalue weighted by Gasteiger charge is -2.11. The predicted octanol–water partition coefficient (Wildman–Crippen LogP) is 4.60. The monoisotopic (exact) mass is 308 g/mol. The van der Waals surface area contributed by atoms with E-state index >= 15 is 0 Å². The summed E-state index contributed by atoms with van der Waals surface area (Å²) >= 11 is 0. The molecule has 0 amide bonds. The van der Waals surface area contributed by atoms with E-state index in [4.69, 9.17) is 9.84 Å². The summed E-state index contributed by atoms with van der Waals surface area (Å²) in [6.45, 7) is 0. The zero-order chi connectivity index (χ0) is 16.2. The summed E-state index contributed by atoms with van der Waals surface area (Å²) in [5.74, 6) is -0.848. The number of alkyl halides is 3. The first-order valence-electron chi connectivity index (χ1n) is 6.21. The Balaban J connectivity index is 2.30. The molecule has 0 unspecified atom stereocenters. The molecule has 0 aromatic heterocycles. The Bertz CT molecular complexity index is 706. The molecule has 0 saturated carbocycles. The third-order valence-electron chi connectivity index (χ3n) is 2.71. The zero-order valence-corrected chi connectivity index (χ0v) is 11.2. The molecule has 3 nitrogen and oxygen atoms in total. The summed E-state index contributed by atoms with van der Waals surface area (Å²) in [7, 11) is 0. The zero-order valence-electron chi connectivity index (χ0n) is 11.2. The standard InChI is InChI=1S/C16H11F3O3/c17-16(18,19)12-5-3-6-13(10-12)22-14-7-2-1-4-11(14)8-9-15(20)21/h1-10H,(H,20,21). The van der Waals surface area contributed by atoms with Gasteiger partial charge in [0.05, 0.1) is 5.56 Å². The largest absolute Gasteiger partial charge is 0.478 e. The lowest BCUT2D eigenvalue weighted by Crippen LogP contribution is -2.04. The summed E-state index contributed by atoms with van der Waals surface area (Å²) in [5, 5.41) is 8.63. The molecule has 0 spiro atoms. The van der Waals surface area contributed by atoms with Crippen molar-refractivity contribution in [2.45, 2.75) is 6.18 Å². The van der Waals surface area contributed by atoms with Gasteiger partial charge in [0, 0.05) is 11.6 Å². The predicted molar refractivity (Wildman–Crippen MR) is 74.6 cm³/mol. The number of carbonyl (C=O) groups is 1. The van der Waals surface area contributed by atoms with E-state index in [-0.39, 0.29) is 11.5 Å². The van der Waals surface area contributed by atoms with Gasteiger partial charge in [-0.3, -0.25) is 0 Å². The number of carboxylic acids is 1. The van der Waals surface area contributed by atoms with Crippen LogP contribution in [0.2, 0.25) is 0 Å². The molecule has 0 atom stereocenters. The van der Waals surface area contributed by atoms with Crippen molar-refractivity contribution in [1.29, 1.82) is 0 Å². The fourth-order valence-corrected chi connectivity index (χ4v) is 1.74. The number of carboxylic acid groups (broad SMARTS) is 1. The Morgan fingerprint density at radius 2 is 1.82 bits per heavy atom. The number of benzene rings is 2. The molecule has 0 fully saturated rings. The first-order chi connectivity index (χ1) is 10.4. The van der Waals surface area contributed by atoms with Gasteiger partial charge in [-0.1, -0.05) is 24.3 Å². The number of rotatable bonds is 4. The molecule has 0 radical (unpaired) electrons. The van der Waals surface area contributed by atoms with Crippen molar-refractivity contribution in [2.75, 3.05) is 0 Å². The highest BCUT2D eigenvalue weighted by atomic mass is 19.4. The van der Waals surface area contributed by atoms with Gasteiger partial charge in [0.15, 0.2) is 0 Å². The minimum absolute atomic E-state index is 0.0194. The molecule has 0 aliphatic carbocycles. The van der Waals surface area contributed by atoms with E-state index in [0.717, 1.165) is 18.2 Å². The summed E-state index contributed by atoms with van der Waals surface area (Å²) in [6.07, 6.45) is -2.22. The van der Waals surface area contributed by atoms with E-state index in [1.807, 2.05) is 0 Å². The number of hydrogen-bond donors (Lipinski definition) is 1. The highest BCUT2D eigenvalue weighted by Crippen LogP contribution is 2.33.